The monoisotopic (exact) mass is 229 g/mol. The Kier molecular flexibility index (Phi) is 2.97. The highest BCUT2D eigenvalue weighted by Crippen LogP contribution is 2.28. The lowest BCUT2D eigenvalue weighted by atomic mass is 10.2. The highest BCUT2D eigenvalue weighted by atomic mass is 32.1. The van der Waals surface area contributed by atoms with Crippen molar-refractivity contribution in [2.75, 3.05) is 0 Å². The van der Waals surface area contributed by atoms with Gasteiger partial charge in [0.1, 0.15) is 5.01 Å². The number of benzene rings is 1. The largest absolute Gasteiger partial charge is 0.294 e. The summed E-state index contributed by atoms with van der Waals surface area (Å²) < 4.78 is 0. The van der Waals surface area contributed by atoms with Crippen molar-refractivity contribution in [2.24, 2.45) is 0 Å². The van der Waals surface area contributed by atoms with E-state index in [0.29, 0.717) is 10.6 Å². The van der Waals surface area contributed by atoms with Crippen LogP contribution in [0.3, 0.4) is 0 Å². The summed E-state index contributed by atoms with van der Waals surface area (Å²) >= 11 is 1.41. The third-order valence-electron chi connectivity index (χ3n) is 2.19. The summed E-state index contributed by atoms with van der Waals surface area (Å²) in [6, 6.07) is 9.83. The summed E-state index contributed by atoms with van der Waals surface area (Å²) in [5.41, 5.74) is 1.71. The van der Waals surface area contributed by atoms with Crippen molar-refractivity contribution < 1.29 is 4.79 Å². The summed E-state index contributed by atoms with van der Waals surface area (Å²) in [4.78, 5) is 16.5. The minimum atomic E-state index is 0.0366. The lowest BCUT2D eigenvalue weighted by Crippen LogP contribution is -1.89. The summed E-state index contributed by atoms with van der Waals surface area (Å²) in [5.74, 6) is 0.0366. The van der Waals surface area contributed by atoms with Crippen LogP contribution < -0.4 is 0 Å². The summed E-state index contributed by atoms with van der Waals surface area (Å²) in [6.07, 6.45) is 1.62. The average molecular weight is 229 g/mol. The molecule has 0 radical (unpaired) electrons. The molecule has 0 N–H and O–H groups in total. The molecule has 0 aliphatic carbocycles. The number of hydrogen-bond acceptors (Lipinski definition) is 3. The maximum Gasteiger partial charge on any atom is 0.171 e. The highest BCUT2D eigenvalue weighted by Gasteiger charge is 2.13. The van der Waals surface area contributed by atoms with E-state index in [1.807, 2.05) is 30.3 Å². The van der Waals surface area contributed by atoms with Crippen molar-refractivity contribution >= 4 is 23.2 Å². The van der Waals surface area contributed by atoms with Gasteiger partial charge in [-0.25, -0.2) is 4.98 Å². The number of rotatable bonds is 3. The first-order chi connectivity index (χ1) is 7.72. The lowest BCUT2D eigenvalue weighted by molar-refractivity contribution is 0.102. The maximum atomic E-state index is 11.4. The Morgan fingerprint density at radius 2 is 2.06 bits per heavy atom. The molecule has 0 saturated heterocycles. The molecule has 0 saturated carbocycles. The minimum absolute atomic E-state index is 0.0366. The van der Waals surface area contributed by atoms with E-state index in [9.17, 15) is 4.79 Å². The number of thiazole rings is 1. The average Bonchev–Trinajstić information content (AvgIpc) is 2.74. The van der Waals surface area contributed by atoms with Gasteiger partial charge in [-0.15, -0.1) is 11.3 Å². The number of hydrogen-bond donors (Lipinski definition) is 0. The normalized spacial score (nSPS) is 10.1. The zero-order valence-corrected chi connectivity index (χ0v) is 9.75. The van der Waals surface area contributed by atoms with Crippen LogP contribution in [0.1, 0.15) is 22.3 Å². The van der Waals surface area contributed by atoms with Gasteiger partial charge in [-0.1, -0.05) is 36.9 Å². The number of aromatic nitrogens is 1. The Morgan fingerprint density at radius 1 is 1.38 bits per heavy atom. The molecule has 0 amide bonds. The predicted octanol–water partition coefficient (Wildman–Crippen LogP) is 3.66. The standard InChI is InChI=1S/C13H11NOS/c1-3-11-12(9(2)15)16-13(14-11)10-7-5-4-6-8-10/h3-8H,1H2,2H3. The van der Waals surface area contributed by atoms with Crippen molar-refractivity contribution in [3.05, 3.63) is 47.5 Å². The molecule has 1 aromatic carbocycles. The van der Waals surface area contributed by atoms with Crippen LogP contribution in [0.5, 0.6) is 0 Å². The van der Waals surface area contributed by atoms with E-state index in [0.717, 1.165) is 10.6 Å². The van der Waals surface area contributed by atoms with Crippen LogP contribution in [0.15, 0.2) is 36.9 Å². The molecular weight excluding hydrogens is 218 g/mol. The molecule has 1 heterocycles. The van der Waals surface area contributed by atoms with E-state index in [2.05, 4.69) is 11.6 Å². The summed E-state index contributed by atoms with van der Waals surface area (Å²) in [6.45, 7) is 5.22. The SMILES string of the molecule is C=Cc1nc(-c2ccccc2)sc1C(C)=O. The van der Waals surface area contributed by atoms with E-state index in [1.165, 1.54) is 11.3 Å². The molecule has 1 aromatic heterocycles. The molecule has 0 aliphatic heterocycles. The van der Waals surface area contributed by atoms with E-state index in [-0.39, 0.29) is 5.78 Å². The van der Waals surface area contributed by atoms with Crippen molar-refractivity contribution in [1.29, 1.82) is 0 Å². The second kappa shape index (κ2) is 4.41. The summed E-state index contributed by atoms with van der Waals surface area (Å²) in [5, 5.41) is 0.862. The van der Waals surface area contributed by atoms with Crippen LogP contribution in [-0.2, 0) is 0 Å². The minimum Gasteiger partial charge on any atom is -0.294 e. The van der Waals surface area contributed by atoms with Gasteiger partial charge >= 0.3 is 0 Å². The first-order valence-electron chi connectivity index (χ1n) is 4.92. The molecule has 0 fully saturated rings. The molecule has 0 spiro atoms. The van der Waals surface area contributed by atoms with Crippen LogP contribution in [0.4, 0.5) is 0 Å². The zero-order valence-electron chi connectivity index (χ0n) is 8.93. The molecule has 2 rings (SSSR count). The van der Waals surface area contributed by atoms with Crippen LogP contribution in [-0.4, -0.2) is 10.8 Å². The molecule has 0 aliphatic rings. The van der Waals surface area contributed by atoms with Crippen LogP contribution in [0, 0.1) is 0 Å². The van der Waals surface area contributed by atoms with E-state index >= 15 is 0 Å². The number of Topliss-reactive ketones (excluding diaryl/α,β-unsaturated/α-hetero) is 1. The number of nitrogens with zero attached hydrogens (tertiary/aromatic N) is 1. The number of ketones is 1. The van der Waals surface area contributed by atoms with Gasteiger partial charge < -0.3 is 0 Å². The molecule has 2 nitrogen and oxygen atoms in total. The Balaban J connectivity index is 2.52. The first kappa shape index (κ1) is 10.8. The molecule has 16 heavy (non-hydrogen) atoms. The molecule has 0 bridgehead atoms. The van der Waals surface area contributed by atoms with E-state index < -0.39 is 0 Å². The fourth-order valence-corrected chi connectivity index (χ4v) is 2.40. The number of carbonyl (C=O) groups is 1. The molecule has 0 unspecified atom stereocenters. The molecular formula is C13H11NOS. The molecule has 2 aromatic rings. The Hall–Kier alpha value is -1.74. The Labute approximate surface area is 98.3 Å². The van der Waals surface area contributed by atoms with Crippen molar-refractivity contribution in [1.82, 2.24) is 4.98 Å². The third kappa shape index (κ3) is 1.95. The second-order valence-electron chi connectivity index (χ2n) is 3.36. The van der Waals surface area contributed by atoms with Gasteiger partial charge in [-0.05, 0) is 6.08 Å². The van der Waals surface area contributed by atoms with Gasteiger partial charge in [0, 0.05) is 12.5 Å². The fraction of sp³-hybridized carbons (Fsp3) is 0.0769. The van der Waals surface area contributed by atoms with Crippen molar-refractivity contribution in [3.8, 4) is 10.6 Å². The smallest absolute Gasteiger partial charge is 0.171 e. The second-order valence-corrected chi connectivity index (χ2v) is 4.36. The predicted molar refractivity (Wildman–Crippen MR) is 67.6 cm³/mol. The zero-order chi connectivity index (χ0) is 11.5. The van der Waals surface area contributed by atoms with Gasteiger partial charge in [-0.3, -0.25) is 4.79 Å². The van der Waals surface area contributed by atoms with Gasteiger partial charge in [0.25, 0.3) is 0 Å². The van der Waals surface area contributed by atoms with Gasteiger partial charge in [0.2, 0.25) is 0 Å². The van der Waals surface area contributed by atoms with Crippen LogP contribution >= 0.6 is 11.3 Å². The summed E-state index contributed by atoms with van der Waals surface area (Å²) in [7, 11) is 0. The van der Waals surface area contributed by atoms with E-state index in [4.69, 9.17) is 0 Å². The number of carbonyl (C=O) groups excluding carboxylic acids is 1. The van der Waals surface area contributed by atoms with Crippen LogP contribution in [0.25, 0.3) is 16.6 Å². The molecule has 80 valence electrons. The first-order valence-corrected chi connectivity index (χ1v) is 5.73. The Bertz CT molecular complexity index is 528. The lowest BCUT2D eigenvalue weighted by Gasteiger charge is -1.92. The van der Waals surface area contributed by atoms with Crippen molar-refractivity contribution in [2.45, 2.75) is 6.92 Å². The van der Waals surface area contributed by atoms with Gasteiger partial charge in [0.05, 0.1) is 10.6 Å². The third-order valence-corrected chi connectivity index (χ3v) is 3.41. The van der Waals surface area contributed by atoms with E-state index in [1.54, 1.807) is 13.0 Å². The van der Waals surface area contributed by atoms with Crippen LogP contribution in [0.2, 0.25) is 0 Å². The quantitative estimate of drug-likeness (QED) is 0.752. The topological polar surface area (TPSA) is 30.0 Å². The van der Waals surface area contributed by atoms with Gasteiger partial charge in [-0.2, -0.15) is 0 Å². The molecule has 3 heteroatoms. The fourth-order valence-electron chi connectivity index (χ4n) is 1.43. The van der Waals surface area contributed by atoms with Crippen molar-refractivity contribution in [3.63, 3.8) is 0 Å². The Morgan fingerprint density at radius 3 is 2.56 bits per heavy atom. The highest BCUT2D eigenvalue weighted by molar-refractivity contribution is 7.17. The van der Waals surface area contributed by atoms with Gasteiger partial charge in [0.15, 0.2) is 5.78 Å². The maximum absolute atomic E-state index is 11.4. The molecule has 0 atom stereocenters.